The zero-order chi connectivity index (χ0) is 14.7. The van der Waals surface area contributed by atoms with E-state index in [4.69, 9.17) is 4.74 Å². The first-order chi connectivity index (χ1) is 9.45. The van der Waals surface area contributed by atoms with Gasteiger partial charge >= 0.3 is 0 Å². The molecule has 1 heterocycles. The van der Waals surface area contributed by atoms with Gasteiger partial charge in [0.25, 0.3) is 0 Å². The largest absolute Gasteiger partial charge is 0.373 e. The number of hydrogen-bond acceptors (Lipinski definition) is 3. The summed E-state index contributed by atoms with van der Waals surface area (Å²) in [6.45, 7) is 10.9. The summed E-state index contributed by atoms with van der Waals surface area (Å²) in [5, 5.41) is 3.25. The summed E-state index contributed by atoms with van der Waals surface area (Å²) in [5.74, 6) is 1.49. The van der Waals surface area contributed by atoms with Crippen molar-refractivity contribution in [2.45, 2.75) is 65.2 Å². The maximum Gasteiger partial charge on any atom is 0.234 e. The van der Waals surface area contributed by atoms with Gasteiger partial charge in [0, 0.05) is 19.1 Å². The van der Waals surface area contributed by atoms with Crippen LogP contribution in [0.3, 0.4) is 0 Å². The van der Waals surface area contributed by atoms with Crippen LogP contribution in [0.25, 0.3) is 0 Å². The molecule has 116 valence electrons. The average molecular weight is 282 g/mol. The standard InChI is InChI=1S/C16H30N2O2/c1-11-6-5-7-15(14(11)4)17-16(19)10-18-8-12(2)20-13(3)9-18/h11-15H,5-10H2,1-4H3,(H,17,19)/t11-,12-,13+,14-,15+/m0/s1. The number of nitrogens with one attached hydrogen (secondary N) is 1. The second-order valence-electron chi connectivity index (χ2n) is 6.89. The van der Waals surface area contributed by atoms with Crippen LogP contribution in [0.4, 0.5) is 0 Å². The van der Waals surface area contributed by atoms with Crippen LogP contribution >= 0.6 is 0 Å². The van der Waals surface area contributed by atoms with E-state index >= 15 is 0 Å². The number of morpholine rings is 1. The molecule has 1 aliphatic carbocycles. The van der Waals surface area contributed by atoms with Crippen molar-refractivity contribution in [3.8, 4) is 0 Å². The van der Waals surface area contributed by atoms with Gasteiger partial charge in [-0.05, 0) is 32.1 Å². The lowest BCUT2D eigenvalue weighted by molar-refractivity contribution is -0.127. The molecule has 1 saturated carbocycles. The Labute approximate surface area is 123 Å². The van der Waals surface area contributed by atoms with Crippen LogP contribution in [0.1, 0.15) is 47.0 Å². The van der Waals surface area contributed by atoms with Crippen molar-refractivity contribution in [2.75, 3.05) is 19.6 Å². The molecule has 0 unspecified atom stereocenters. The van der Waals surface area contributed by atoms with Gasteiger partial charge in [-0.1, -0.05) is 26.7 Å². The van der Waals surface area contributed by atoms with Crippen LogP contribution in [0.2, 0.25) is 0 Å². The Balaban J connectivity index is 1.80. The molecular formula is C16H30N2O2. The maximum absolute atomic E-state index is 12.3. The van der Waals surface area contributed by atoms with Crippen molar-refractivity contribution in [3.05, 3.63) is 0 Å². The minimum Gasteiger partial charge on any atom is -0.373 e. The van der Waals surface area contributed by atoms with E-state index in [-0.39, 0.29) is 18.1 Å². The molecular weight excluding hydrogens is 252 g/mol. The number of ether oxygens (including phenoxy) is 1. The Morgan fingerprint density at radius 2 is 1.80 bits per heavy atom. The lowest BCUT2D eigenvalue weighted by Gasteiger charge is -2.37. The third-order valence-corrected chi connectivity index (χ3v) is 4.92. The molecule has 1 amide bonds. The van der Waals surface area contributed by atoms with Crippen molar-refractivity contribution in [1.29, 1.82) is 0 Å². The van der Waals surface area contributed by atoms with Gasteiger partial charge in [0.05, 0.1) is 18.8 Å². The molecule has 4 heteroatoms. The van der Waals surface area contributed by atoms with E-state index in [1.54, 1.807) is 0 Å². The predicted octanol–water partition coefficient (Wildman–Crippen LogP) is 2.04. The fourth-order valence-corrected chi connectivity index (χ4v) is 3.65. The molecule has 20 heavy (non-hydrogen) atoms. The SMILES string of the molecule is C[C@H]1[C@@H](C)CCC[C@H]1NC(=O)CN1C[C@@H](C)O[C@@H](C)C1. The van der Waals surface area contributed by atoms with E-state index in [1.165, 1.54) is 12.8 Å². The monoisotopic (exact) mass is 282 g/mol. The van der Waals surface area contributed by atoms with Gasteiger partial charge < -0.3 is 10.1 Å². The molecule has 2 fully saturated rings. The van der Waals surface area contributed by atoms with Crippen LogP contribution in [-0.4, -0.2) is 48.7 Å². The van der Waals surface area contributed by atoms with E-state index in [9.17, 15) is 4.79 Å². The highest BCUT2D eigenvalue weighted by Gasteiger charge is 2.29. The molecule has 0 aromatic carbocycles. The van der Waals surface area contributed by atoms with Crippen molar-refractivity contribution in [2.24, 2.45) is 11.8 Å². The highest BCUT2D eigenvalue weighted by Crippen LogP contribution is 2.29. The molecule has 5 atom stereocenters. The summed E-state index contributed by atoms with van der Waals surface area (Å²) >= 11 is 0. The van der Waals surface area contributed by atoms with Crippen molar-refractivity contribution in [1.82, 2.24) is 10.2 Å². The fourth-order valence-electron chi connectivity index (χ4n) is 3.65. The molecule has 0 bridgehead atoms. The van der Waals surface area contributed by atoms with Gasteiger partial charge in [-0.25, -0.2) is 0 Å². The second-order valence-corrected chi connectivity index (χ2v) is 6.89. The van der Waals surface area contributed by atoms with Crippen molar-refractivity contribution in [3.63, 3.8) is 0 Å². The fraction of sp³-hybridized carbons (Fsp3) is 0.938. The van der Waals surface area contributed by atoms with E-state index < -0.39 is 0 Å². The number of nitrogens with zero attached hydrogens (tertiary/aromatic N) is 1. The van der Waals surface area contributed by atoms with E-state index in [0.29, 0.717) is 18.5 Å². The minimum atomic E-state index is 0.178. The highest BCUT2D eigenvalue weighted by molar-refractivity contribution is 5.78. The third-order valence-electron chi connectivity index (χ3n) is 4.92. The first-order valence-corrected chi connectivity index (χ1v) is 8.13. The van der Waals surface area contributed by atoms with Crippen LogP contribution in [0.5, 0.6) is 0 Å². The van der Waals surface area contributed by atoms with E-state index in [0.717, 1.165) is 25.4 Å². The number of amides is 1. The third kappa shape index (κ3) is 4.19. The molecule has 0 spiro atoms. The summed E-state index contributed by atoms with van der Waals surface area (Å²) in [7, 11) is 0. The Kier molecular flexibility index (Phi) is 5.44. The van der Waals surface area contributed by atoms with Crippen molar-refractivity contribution < 1.29 is 9.53 Å². The smallest absolute Gasteiger partial charge is 0.234 e. The Hall–Kier alpha value is -0.610. The topological polar surface area (TPSA) is 41.6 Å². The lowest BCUT2D eigenvalue weighted by atomic mass is 9.78. The summed E-state index contributed by atoms with van der Waals surface area (Å²) in [6, 6.07) is 0.363. The number of carbonyl (C=O) groups excluding carboxylic acids is 1. The first kappa shape index (κ1) is 15.8. The normalized spacial score (nSPS) is 39.5. The summed E-state index contributed by atoms with van der Waals surface area (Å²) in [4.78, 5) is 14.5. The van der Waals surface area contributed by atoms with Crippen molar-refractivity contribution >= 4 is 5.91 Å². The molecule has 0 aromatic rings. The van der Waals surface area contributed by atoms with Crippen LogP contribution in [0, 0.1) is 11.8 Å². The highest BCUT2D eigenvalue weighted by atomic mass is 16.5. The Morgan fingerprint density at radius 3 is 2.45 bits per heavy atom. The maximum atomic E-state index is 12.3. The first-order valence-electron chi connectivity index (χ1n) is 8.13. The van der Waals surface area contributed by atoms with Gasteiger partial charge in [0.2, 0.25) is 5.91 Å². The lowest BCUT2D eigenvalue weighted by Crippen LogP contribution is -2.51. The zero-order valence-corrected chi connectivity index (χ0v) is 13.4. The second kappa shape index (κ2) is 6.90. The quantitative estimate of drug-likeness (QED) is 0.861. The van der Waals surface area contributed by atoms with Gasteiger partial charge in [0.1, 0.15) is 0 Å². The van der Waals surface area contributed by atoms with E-state index in [2.05, 4.69) is 37.9 Å². The van der Waals surface area contributed by atoms with Gasteiger partial charge in [-0.15, -0.1) is 0 Å². The summed E-state index contributed by atoms with van der Waals surface area (Å²) < 4.78 is 5.71. The molecule has 2 rings (SSSR count). The molecule has 2 aliphatic rings. The molecule has 1 N–H and O–H groups in total. The minimum absolute atomic E-state index is 0.178. The van der Waals surface area contributed by atoms with E-state index in [1.807, 2.05) is 0 Å². The zero-order valence-electron chi connectivity index (χ0n) is 13.4. The molecule has 0 aromatic heterocycles. The number of hydrogen-bond donors (Lipinski definition) is 1. The summed E-state index contributed by atoms with van der Waals surface area (Å²) in [6.07, 6.45) is 4.11. The average Bonchev–Trinajstić information content (AvgIpc) is 2.33. The Morgan fingerprint density at radius 1 is 1.15 bits per heavy atom. The van der Waals surface area contributed by atoms with Gasteiger partial charge in [0.15, 0.2) is 0 Å². The van der Waals surface area contributed by atoms with Crippen LogP contribution < -0.4 is 5.32 Å². The number of rotatable bonds is 3. The Bertz CT molecular complexity index is 324. The van der Waals surface area contributed by atoms with Crippen LogP contribution in [-0.2, 0) is 9.53 Å². The predicted molar refractivity (Wildman–Crippen MR) is 80.6 cm³/mol. The molecule has 0 radical (unpaired) electrons. The van der Waals surface area contributed by atoms with Gasteiger partial charge in [-0.2, -0.15) is 0 Å². The van der Waals surface area contributed by atoms with Gasteiger partial charge in [-0.3, -0.25) is 9.69 Å². The molecule has 1 aliphatic heterocycles. The van der Waals surface area contributed by atoms with Crippen LogP contribution in [0.15, 0.2) is 0 Å². The summed E-state index contributed by atoms with van der Waals surface area (Å²) in [5.41, 5.74) is 0. The number of carbonyl (C=O) groups is 1. The molecule has 4 nitrogen and oxygen atoms in total. The molecule has 1 saturated heterocycles.